The van der Waals surface area contributed by atoms with Gasteiger partial charge in [-0.2, -0.15) is 0 Å². The molecule has 2 rings (SSSR count). The molecule has 19 heavy (non-hydrogen) atoms. The van der Waals surface area contributed by atoms with Crippen molar-refractivity contribution in [3.63, 3.8) is 0 Å². The van der Waals surface area contributed by atoms with Gasteiger partial charge in [-0.15, -0.1) is 0 Å². The van der Waals surface area contributed by atoms with Crippen molar-refractivity contribution < 1.29 is 9.13 Å². The number of nitrogens with zero attached hydrogens (tertiary/aromatic N) is 1. The van der Waals surface area contributed by atoms with Crippen LogP contribution in [0, 0.1) is 5.82 Å². The Morgan fingerprint density at radius 3 is 3.00 bits per heavy atom. The minimum absolute atomic E-state index is 0.101. The van der Waals surface area contributed by atoms with Crippen LogP contribution in [0.2, 0.25) is 0 Å². The van der Waals surface area contributed by atoms with Crippen LogP contribution in [-0.2, 0) is 4.74 Å². The van der Waals surface area contributed by atoms with E-state index in [1.54, 1.807) is 6.07 Å². The third-order valence-electron chi connectivity index (χ3n) is 3.48. The molecule has 0 aromatic heterocycles. The topological polar surface area (TPSA) is 38.5 Å². The molecule has 3 nitrogen and oxygen atoms in total. The molecule has 5 heteroatoms. The first-order chi connectivity index (χ1) is 9.17. The lowest BCUT2D eigenvalue weighted by molar-refractivity contribution is -0.0686. The lowest BCUT2D eigenvalue weighted by Gasteiger charge is -2.41. The highest BCUT2D eigenvalue weighted by Gasteiger charge is 2.34. The molecule has 0 spiro atoms. The average Bonchev–Trinajstić information content (AvgIpc) is 2.42. The van der Waals surface area contributed by atoms with Gasteiger partial charge in [-0.25, -0.2) is 4.39 Å². The maximum Gasteiger partial charge on any atom is 0.128 e. The molecular weight excluding hydrogens is 311 g/mol. The fraction of sp³-hybridized carbons (Fsp3) is 0.571. The van der Waals surface area contributed by atoms with E-state index in [4.69, 9.17) is 10.5 Å². The fourth-order valence-electron chi connectivity index (χ4n) is 2.66. The van der Waals surface area contributed by atoms with Crippen LogP contribution in [0.15, 0.2) is 22.7 Å². The van der Waals surface area contributed by atoms with E-state index in [-0.39, 0.29) is 18.0 Å². The first-order valence-electron chi connectivity index (χ1n) is 6.68. The van der Waals surface area contributed by atoms with Crippen LogP contribution < -0.4 is 5.73 Å². The highest BCUT2D eigenvalue weighted by atomic mass is 79.9. The number of ether oxygens (including phenoxy) is 1. The van der Waals surface area contributed by atoms with Gasteiger partial charge in [0.05, 0.1) is 18.8 Å². The van der Waals surface area contributed by atoms with E-state index in [1.807, 2.05) is 6.07 Å². The highest BCUT2D eigenvalue weighted by molar-refractivity contribution is 9.10. The van der Waals surface area contributed by atoms with Gasteiger partial charge < -0.3 is 10.5 Å². The van der Waals surface area contributed by atoms with Crippen molar-refractivity contribution in [2.24, 2.45) is 5.73 Å². The van der Waals surface area contributed by atoms with Gasteiger partial charge in [-0.3, -0.25) is 4.90 Å². The van der Waals surface area contributed by atoms with Gasteiger partial charge in [-0.1, -0.05) is 22.9 Å². The molecule has 0 amide bonds. The van der Waals surface area contributed by atoms with Crippen LogP contribution in [0.3, 0.4) is 0 Å². The summed E-state index contributed by atoms with van der Waals surface area (Å²) in [6.45, 7) is 4.93. The molecule has 1 fully saturated rings. The summed E-state index contributed by atoms with van der Waals surface area (Å²) in [4.78, 5) is 2.27. The van der Waals surface area contributed by atoms with Crippen LogP contribution in [-0.4, -0.2) is 37.2 Å². The van der Waals surface area contributed by atoms with E-state index in [0.717, 1.165) is 24.0 Å². The largest absolute Gasteiger partial charge is 0.374 e. The zero-order valence-electron chi connectivity index (χ0n) is 11.1. The Hall–Kier alpha value is -0.490. The summed E-state index contributed by atoms with van der Waals surface area (Å²) in [6.07, 6.45) is 0.882. The van der Waals surface area contributed by atoms with Crippen molar-refractivity contribution in [1.82, 2.24) is 4.90 Å². The van der Waals surface area contributed by atoms with E-state index in [0.29, 0.717) is 18.7 Å². The maximum atomic E-state index is 14.1. The van der Waals surface area contributed by atoms with Gasteiger partial charge >= 0.3 is 0 Å². The van der Waals surface area contributed by atoms with Gasteiger partial charge in [0, 0.05) is 23.1 Å². The van der Waals surface area contributed by atoms with E-state index in [1.165, 1.54) is 6.07 Å². The molecule has 2 unspecified atom stereocenters. The second kappa shape index (κ2) is 6.79. The molecule has 106 valence electrons. The minimum Gasteiger partial charge on any atom is -0.374 e. The van der Waals surface area contributed by atoms with Gasteiger partial charge in [0.2, 0.25) is 0 Å². The zero-order valence-corrected chi connectivity index (χ0v) is 12.7. The van der Waals surface area contributed by atoms with E-state index in [2.05, 4.69) is 27.8 Å². The summed E-state index contributed by atoms with van der Waals surface area (Å²) < 4.78 is 20.7. The van der Waals surface area contributed by atoms with Crippen LogP contribution in [0.25, 0.3) is 0 Å². The number of hydrogen-bond donors (Lipinski definition) is 1. The minimum atomic E-state index is -0.196. The predicted molar refractivity (Wildman–Crippen MR) is 77.5 cm³/mol. The van der Waals surface area contributed by atoms with Gasteiger partial charge in [0.1, 0.15) is 5.82 Å². The molecule has 2 N–H and O–H groups in total. The van der Waals surface area contributed by atoms with Crippen molar-refractivity contribution in [2.45, 2.75) is 25.5 Å². The van der Waals surface area contributed by atoms with Crippen molar-refractivity contribution in [1.29, 1.82) is 0 Å². The molecule has 1 aliphatic heterocycles. The SMILES string of the molecule is CCCN1CCOC(CN)C1c1cc(Br)ccc1F. The Morgan fingerprint density at radius 1 is 1.53 bits per heavy atom. The van der Waals surface area contributed by atoms with Crippen LogP contribution in [0.4, 0.5) is 4.39 Å². The molecular formula is C14H20BrFN2O. The normalized spacial score (nSPS) is 24.6. The second-order valence-electron chi connectivity index (χ2n) is 4.79. The Morgan fingerprint density at radius 2 is 2.32 bits per heavy atom. The molecule has 0 aliphatic carbocycles. The van der Waals surface area contributed by atoms with Gasteiger partial charge in [0.25, 0.3) is 0 Å². The molecule has 0 bridgehead atoms. The van der Waals surface area contributed by atoms with Gasteiger partial charge in [-0.05, 0) is 31.2 Å². The number of halogens is 2. The number of nitrogens with two attached hydrogens (primary N) is 1. The summed E-state index contributed by atoms with van der Waals surface area (Å²) >= 11 is 3.41. The third kappa shape index (κ3) is 3.34. The molecule has 1 saturated heterocycles. The van der Waals surface area contributed by atoms with E-state index in [9.17, 15) is 4.39 Å². The van der Waals surface area contributed by atoms with E-state index < -0.39 is 0 Å². The first kappa shape index (κ1) is 14.9. The number of morpholine rings is 1. The summed E-state index contributed by atoms with van der Waals surface area (Å²) in [5.74, 6) is -0.196. The second-order valence-corrected chi connectivity index (χ2v) is 5.71. The van der Waals surface area contributed by atoms with Crippen LogP contribution in [0.1, 0.15) is 24.9 Å². The lowest BCUT2D eigenvalue weighted by atomic mass is 9.97. The first-order valence-corrected chi connectivity index (χ1v) is 7.47. The molecule has 1 aromatic rings. The quantitative estimate of drug-likeness (QED) is 0.922. The molecule has 1 aromatic carbocycles. The van der Waals surface area contributed by atoms with Crippen molar-refractivity contribution in [3.8, 4) is 0 Å². The molecule has 0 saturated carbocycles. The molecule has 0 radical (unpaired) electrons. The van der Waals surface area contributed by atoms with Crippen LogP contribution in [0.5, 0.6) is 0 Å². The third-order valence-corrected chi connectivity index (χ3v) is 3.97. The Kier molecular flexibility index (Phi) is 5.33. The number of benzene rings is 1. The van der Waals surface area contributed by atoms with Crippen molar-refractivity contribution >= 4 is 15.9 Å². The monoisotopic (exact) mass is 330 g/mol. The summed E-state index contributed by atoms with van der Waals surface area (Å²) in [5, 5.41) is 0. The summed E-state index contributed by atoms with van der Waals surface area (Å²) in [5.41, 5.74) is 6.46. The highest BCUT2D eigenvalue weighted by Crippen LogP contribution is 2.32. The Bertz CT molecular complexity index is 428. The van der Waals surface area contributed by atoms with Crippen molar-refractivity contribution in [2.75, 3.05) is 26.2 Å². The smallest absolute Gasteiger partial charge is 0.128 e. The summed E-state index contributed by atoms with van der Waals surface area (Å²) in [6, 6.07) is 4.94. The van der Waals surface area contributed by atoms with Crippen molar-refractivity contribution in [3.05, 3.63) is 34.1 Å². The molecule has 1 aliphatic rings. The van der Waals surface area contributed by atoms with Crippen LogP contribution >= 0.6 is 15.9 Å². The lowest BCUT2D eigenvalue weighted by Crippen LogP contribution is -2.48. The summed E-state index contributed by atoms with van der Waals surface area (Å²) in [7, 11) is 0. The fourth-order valence-corrected chi connectivity index (χ4v) is 3.04. The number of rotatable bonds is 4. The predicted octanol–water partition coefficient (Wildman–Crippen LogP) is 2.70. The Balaban J connectivity index is 2.36. The Labute approximate surface area is 122 Å². The zero-order chi connectivity index (χ0) is 13.8. The molecule has 1 heterocycles. The van der Waals surface area contributed by atoms with E-state index >= 15 is 0 Å². The molecule has 2 atom stereocenters. The van der Waals surface area contributed by atoms with Gasteiger partial charge in [0.15, 0.2) is 0 Å². The standard InChI is InChI=1S/C14H20BrFN2O/c1-2-5-18-6-7-19-13(9-17)14(18)11-8-10(15)3-4-12(11)16/h3-4,8,13-14H,2,5-7,9,17H2,1H3. The maximum absolute atomic E-state index is 14.1. The number of hydrogen-bond acceptors (Lipinski definition) is 3. The average molecular weight is 331 g/mol.